The first-order chi connectivity index (χ1) is 15.4. The molecule has 2 aliphatic rings. The second-order valence-electron chi connectivity index (χ2n) is 9.13. The Bertz CT molecular complexity index is 982. The van der Waals surface area contributed by atoms with Gasteiger partial charge in [-0.2, -0.15) is 4.31 Å². The average molecular weight is 476 g/mol. The first-order valence-corrected chi connectivity index (χ1v) is 13.9. The third-order valence-corrected chi connectivity index (χ3v) is 9.82. The highest BCUT2D eigenvalue weighted by atomic mass is 32.2. The summed E-state index contributed by atoms with van der Waals surface area (Å²) in [6.07, 6.45) is 3.73. The summed E-state index contributed by atoms with van der Waals surface area (Å²) in [7, 11) is -3.42. The molecule has 0 bridgehead atoms. The van der Waals surface area contributed by atoms with Gasteiger partial charge in [0.25, 0.3) is 10.0 Å². The molecule has 1 aromatic carbocycles. The Morgan fingerprint density at radius 1 is 1.06 bits per heavy atom. The van der Waals surface area contributed by atoms with Crippen LogP contribution >= 0.6 is 11.3 Å². The van der Waals surface area contributed by atoms with Gasteiger partial charge in [-0.05, 0) is 60.7 Å². The van der Waals surface area contributed by atoms with E-state index in [-0.39, 0.29) is 11.8 Å². The average Bonchev–Trinajstić information content (AvgIpc) is 3.35. The lowest BCUT2D eigenvalue weighted by molar-refractivity contribution is -0.126. The Morgan fingerprint density at radius 3 is 2.44 bits per heavy atom. The molecule has 1 atom stereocenters. The second-order valence-corrected chi connectivity index (χ2v) is 12.2. The van der Waals surface area contributed by atoms with Crippen LogP contribution in [0, 0.1) is 11.8 Å². The van der Waals surface area contributed by atoms with Crippen molar-refractivity contribution < 1.29 is 13.2 Å². The molecule has 2 fully saturated rings. The molecule has 8 heteroatoms. The maximum absolute atomic E-state index is 12.6. The highest BCUT2D eigenvalue weighted by Gasteiger charge is 2.32. The van der Waals surface area contributed by atoms with E-state index in [9.17, 15) is 13.2 Å². The number of hydrogen-bond acceptors (Lipinski definition) is 5. The highest BCUT2D eigenvalue weighted by Crippen LogP contribution is 2.26. The fraction of sp³-hybridized carbons (Fsp3) is 0.542. The third-order valence-electron chi connectivity index (χ3n) is 6.55. The fourth-order valence-corrected chi connectivity index (χ4v) is 7.29. The number of nitrogens with one attached hydrogen (secondary N) is 1. The summed E-state index contributed by atoms with van der Waals surface area (Å²) in [4.78, 5) is 15.2. The van der Waals surface area contributed by atoms with Crippen LogP contribution in [0.3, 0.4) is 0 Å². The fourth-order valence-electron chi connectivity index (χ4n) is 4.68. The van der Waals surface area contributed by atoms with E-state index in [0.29, 0.717) is 36.7 Å². The minimum atomic E-state index is -3.42. The molecule has 1 aromatic heterocycles. The summed E-state index contributed by atoms with van der Waals surface area (Å²) in [5, 5.41) is 4.81. The van der Waals surface area contributed by atoms with E-state index in [1.165, 1.54) is 47.1 Å². The van der Waals surface area contributed by atoms with E-state index in [1.807, 2.05) is 0 Å². The van der Waals surface area contributed by atoms with Gasteiger partial charge >= 0.3 is 0 Å². The van der Waals surface area contributed by atoms with Crippen LogP contribution in [0.1, 0.15) is 43.7 Å². The van der Waals surface area contributed by atoms with Crippen molar-refractivity contribution in [3.05, 3.63) is 52.9 Å². The molecule has 1 unspecified atom stereocenters. The molecule has 4 rings (SSSR count). The molecular weight excluding hydrogens is 442 g/mol. The van der Waals surface area contributed by atoms with Crippen LogP contribution in [0.5, 0.6) is 0 Å². The van der Waals surface area contributed by atoms with Crippen LogP contribution in [0.4, 0.5) is 0 Å². The summed E-state index contributed by atoms with van der Waals surface area (Å²) < 4.78 is 27.2. The molecule has 6 nitrogen and oxygen atoms in total. The number of carbonyl (C=O) groups excluding carboxylic acids is 1. The predicted molar refractivity (Wildman–Crippen MR) is 128 cm³/mol. The minimum absolute atomic E-state index is 0.0181. The molecule has 0 radical (unpaired) electrons. The van der Waals surface area contributed by atoms with E-state index >= 15 is 0 Å². The van der Waals surface area contributed by atoms with Crippen molar-refractivity contribution in [3.63, 3.8) is 0 Å². The molecule has 0 saturated carbocycles. The first-order valence-electron chi connectivity index (χ1n) is 11.5. The number of amides is 1. The van der Waals surface area contributed by atoms with E-state index in [2.05, 4.69) is 41.4 Å². The Balaban J connectivity index is 1.22. The molecule has 0 aliphatic carbocycles. The maximum Gasteiger partial charge on any atom is 0.252 e. The minimum Gasteiger partial charge on any atom is -0.352 e. The van der Waals surface area contributed by atoms with Gasteiger partial charge in [0.05, 0.1) is 0 Å². The zero-order chi connectivity index (χ0) is 22.6. The Labute approximate surface area is 195 Å². The van der Waals surface area contributed by atoms with Crippen LogP contribution in [-0.4, -0.2) is 49.7 Å². The lowest BCUT2D eigenvalue weighted by Crippen LogP contribution is -2.42. The molecule has 2 saturated heterocycles. The normalized spacial score (nSPS) is 21.5. The molecule has 32 heavy (non-hydrogen) atoms. The number of benzene rings is 1. The van der Waals surface area contributed by atoms with Crippen LogP contribution in [-0.2, 0) is 27.9 Å². The Hall–Kier alpha value is -1.74. The van der Waals surface area contributed by atoms with E-state index in [4.69, 9.17) is 0 Å². The summed E-state index contributed by atoms with van der Waals surface area (Å²) >= 11 is 1.24. The number of sulfonamides is 1. The van der Waals surface area contributed by atoms with E-state index in [0.717, 1.165) is 18.0 Å². The van der Waals surface area contributed by atoms with Crippen LogP contribution < -0.4 is 5.32 Å². The number of piperidine rings is 2. The van der Waals surface area contributed by atoms with Crippen LogP contribution in [0.2, 0.25) is 0 Å². The Morgan fingerprint density at radius 2 is 1.78 bits per heavy atom. The van der Waals surface area contributed by atoms with Crippen LogP contribution in [0.15, 0.2) is 46.0 Å². The lowest BCUT2D eigenvalue weighted by atomic mass is 9.97. The first kappa shape index (κ1) is 23.4. The largest absolute Gasteiger partial charge is 0.352 e. The number of rotatable bonds is 7. The van der Waals surface area contributed by atoms with E-state index < -0.39 is 10.0 Å². The number of likely N-dealkylation sites (tertiary alicyclic amines) is 1. The van der Waals surface area contributed by atoms with Crippen molar-refractivity contribution in [1.29, 1.82) is 0 Å². The van der Waals surface area contributed by atoms with Crippen molar-refractivity contribution in [2.24, 2.45) is 11.8 Å². The topological polar surface area (TPSA) is 69.7 Å². The smallest absolute Gasteiger partial charge is 0.252 e. The van der Waals surface area contributed by atoms with Gasteiger partial charge in [0.1, 0.15) is 4.21 Å². The van der Waals surface area contributed by atoms with Crippen molar-refractivity contribution in [3.8, 4) is 0 Å². The third kappa shape index (κ3) is 5.78. The number of carbonyl (C=O) groups is 1. The molecule has 174 valence electrons. The zero-order valence-electron chi connectivity index (χ0n) is 18.7. The van der Waals surface area contributed by atoms with Gasteiger partial charge in [0, 0.05) is 38.6 Å². The second kappa shape index (κ2) is 10.5. The molecule has 0 spiro atoms. The number of nitrogens with zero attached hydrogens (tertiary/aromatic N) is 2. The van der Waals surface area contributed by atoms with Crippen molar-refractivity contribution in [2.75, 3.05) is 26.2 Å². The predicted octanol–water partition coefficient (Wildman–Crippen LogP) is 3.70. The van der Waals surface area contributed by atoms with Gasteiger partial charge in [-0.1, -0.05) is 37.3 Å². The van der Waals surface area contributed by atoms with Crippen molar-refractivity contribution >= 4 is 27.3 Å². The molecule has 2 aromatic rings. The Kier molecular flexibility index (Phi) is 7.66. The van der Waals surface area contributed by atoms with Crippen LogP contribution in [0.25, 0.3) is 0 Å². The van der Waals surface area contributed by atoms with Gasteiger partial charge in [0.2, 0.25) is 5.91 Å². The number of thiophene rings is 1. The van der Waals surface area contributed by atoms with Gasteiger partial charge in [-0.3, -0.25) is 9.69 Å². The van der Waals surface area contributed by atoms with Gasteiger partial charge < -0.3 is 5.32 Å². The molecular formula is C24H33N3O3S2. The van der Waals surface area contributed by atoms with E-state index in [1.54, 1.807) is 17.5 Å². The zero-order valence-corrected chi connectivity index (χ0v) is 20.3. The van der Waals surface area contributed by atoms with Gasteiger partial charge in [0.15, 0.2) is 0 Å². The quantitative estimate of drug-likeness (QED) is 0.663. The number of hydrogen-bond donors (Lipinski definition) is 1. The summed E-state index contributed by atoms with van der Waals surface area (Å²) in [6, 6.07) is 11.9. The summed E-state index contributed by atoms with van der Waals surface area (Å²) in [5.74, 6) is 0.663. The highest BCUT2D eigenvalue weighted by molar-refractivity contribution is 7.91. The monoisotopic (exact) mass is 475 g/mol. The SMILES string of the molecule is CC1CCCN(Cc2ccc(CNC(=O)C3CCN(S(=O)(=O)c4cccs4)CC3)cc2)C1. The molecule has 3 heterocycles. The molecule has 2 aliphatic heterocycles. The maximum atomic E-state index is 12.6. The summed E-state index contributed by atoms with van der Waals surface area (Å²) in [5.41, 5.74) is 2.40. The molecule has 1 N–H and O–H groups in total. The lowest BCUT2D eigenvalue weighted by Gasteiger charge is -2.30. The van der Waals surface area contributed by atoms with Crippen molar-refractivity contribution in [1.82, 2.24) is 14.5 Å². The van der Waals surface area contributed by atoms with Gasteiger partial charge in [-0.15, -0.1) is 11.3 Å². The molecule has 1 amide bonds. The van der Waals surface area contributed by atoms with Gasteiger partial charge in [-0.25, -0.2) is 8.42 Å². The van der Waals surface area contributed by atoms with Crippen molar-refractivity contribution in [2.45, 2.75) is 49.9 Å². The summed E-state index contributed by atoms with van der Waals surface area (Å²) in [6.45, 7) is 6.95. The standard InChI is InChI=1S/C24H33N3O3S2/c1-19-4-2-12-26(17-19)18-21-8-6-20(7-9-21)16-25-24(28)22-10-13-27(14-11-22)32(29,30)23-5-3-15-31-23/h3,5-9,15,19,22H,2,4,10-14,16-18H2,1H3,(H,25,28).